The standard InChI is InChI=1S/C20H29N3O3S/c1-14(24)23-12-4-5-15-13-17(8-11-20(15)23)27(25,26)22-19-10-9-18(19)21-16-6-2-3-7-16/h8,11,13,16,18-19,21-22H,2-7,9-10,12H2,1H3/t18-,19+/m1/s1. The van der Waals surface area contributed by atoms with Crippen molar-refractivity contribution in [1.29, 1.82) is 0 Å². The van der Waals surface area contributed by atoms with Gasteiger partial charge in [0.1, 0.15) is 0 Å². The summed E-state index contributed by atoms with van der Waals surface area (Å²) >= 11 is 0. The van der Waals surface area contributed by atoms with Gasteiger partial charge in [0.2, 0.25) is 15.9 Å². The van der Waals surface area contributed by atoms with E-state index in [2.05, 4.69) is 10.0 Å². The first kappa shape index (κ1) is 18.9. The van der Waals surface area contributed by atoms with Crippen LogP contribution in [0.2, 0.25) is 0 Å². The van der Waals surface area contributed by atoms with Gasteiger partial charge in [0.05, 0.1) is 4.90 Å². The molecule has 3 aliphatic rings. The number of nitrogens with zero attached hydrogens (tertiary/aromatic N) is 1. The molecule has 0 bridgehead atoms. The van der Waals surface area contributed by atoms with E-state index in [-0.39, 0.29) is 18.0 Å². The second-order valence-electron chi connectivity index (χ2n) is 8.12. The molecule has 0 saturated heterocycles. The Hall–Kier alpha value is -1.44. The zero-order valence-corrected chi connectivity index (χ0v) is 16.7. The summed E-state index contributed by atoms with van der Waals surface area (Å²) in [6, 6.07) is 5.91. The van der Waals surface area contributed by atoms with Crippen LogP contribution >= 0.6 is 0 Å². The number of anilines is 1. The smallest absolute Gasteiger partial charge is 0.240 e. The molecule has 0 aromatic heterocycles. The minimum Gasteiger partial charge on any atom is -0.312 e. The lowest BCUT2D eigenvalue weighted by Gasteiger charge is -2.39. The molecule has 2 saturated carbocycles. The van der Waals surface area contributed by atoms with Gasteiger partial charge in [-0.05, 0) is 62.3 Å². The molecule has 27 heavy (non-hydrogen) atoms. The summed E-state index contributed by atoms with van der Waals surface area (Å²) in [7, 11) is -3.55. The van der Waals surface area contributed by atoms with Crippen LogP contribution in [-0.2, 0) is 21.2 Å². The number of hydrogen-bond acceptors (Lipinski definition) is 4. The second-order valence-corrected chi connectivity index (χ2v) is 9.84. The molecule has 1 aromatic rings. The number of sulfonamides is 1. The average molecular weight is 392 g/mol. The summed E-state index contributed by atoms with van der Waals surface area (Å²) in [4.78, 5) is 13.8. The highest BCUT2D eigenvalue weighted by Gasteiger charge is 2.36. The fourth-order valence-electron chi connectivity index (χ4n) is 4.57. The molecule has 2 atom stereocenters. The van der Waals surface area contributed by atoms with Crippen molar-refractivity contribution in [2.45, 2.75) is 81.3 Å². The second kappa shape index (κ2) is 7.53. The fourth-order valence-corrected chi connectivity index (χ4v) is 5.93. The van der Waals surface area contributed by atoms with Crippen LogP contribution in [0.4, 0.5) is 5.69 Å². The summed E-state index contributed by atoms with van der Waals surface area (Å²) in [6.07, 6.45) is 8.52. The summed E-state index contributed by atoms with van der Waals surface area (Å²) in [5, 5.41) is 3.64. The Labute approximate surface area is 161 Å². The number of carbonyl (C=O) groups is 1. The molecule has 1 aromatic carbocycles. The van der Waals surface area contributed by atoms with Gasteiger partial charge in [-0.1, -0.05) is 12.8 Å². The largest absolute Gasteiger partial charge is 0.312 e. The Morgan fingerprint density at radius 2 is 1.81 bits per heavy atom. The maximum atomic E-state index is 12.9. The van der Waals surface area contributed by atoms with Crippen LogP contribution in [-0.4, -0.2) is 39.0 Å². The predicted molar refractivity (Wildman–Crippen MR) is 105 cm³/mol. The minimum atomic E-state index is -3.55. The van der Waals surface area contributed by atoms with Crippen LogP contribution in [0.15, 0.2) is 23.1 Å². The highest BCUT2D eigenvalue weighted by molar-refractivity contribution is 7.89. The Kier molecular flexibility index (Phi) is 5.27. The molecule has 7 heteroatoms. The van der Waals surface area contributed by atoms with Crippen molar-refractivity contribution in [3.05, 3.63) is 23.8 Å². The molecule has 0 unspecified atom stereocenters. The van der Waals surface area contributed by atoms with Crippen LogP contribution in [0.5, 0.6) is 0 Å². The van der Waals surface area contributed by atoms with Gasteiger partial charge in [0.15, 0.2) is 0 Å². The number of benzene rings is 1. The van der Waals surface area contributed by atoms with E-state index in [1.54, 1.807) is 30.0 Å². The lowest BCUT2D eigenvalue weighted by atomic mass is 9.86. The van der Waals surface area contributed by atoms with Crippen molar-refractivity contribution in [2.75, 3.05) is 11.4 Å². The molecular weight excluding hydrogens is 362 g/mol. The van der Waals surface area contributed by atoms with E-state index in [1.165, 1.54) is 25.7 Å². The number of fused-ring (bicyclic) bond motifs is 1. The molecular formula is C20H29N3O3S. The van der Waals surface area contributed by atoms with Gasteiger partial charge >= 0.3 is 0 Å². The first-order valence-electron chi connectivity index (χ1n) is 10.1. The molecule has 1 heterocycles. The molecule has 2 aliphatic carbocycles. The summed E-state index contributed by atoms with van der Waals surface area (Å²) in [6.45, 7) is 2.25. The van der Waals surface area contributed by atoms with Gasteiger partial charge in [-0.3, -0.25) is 4.79 Å². The third-order valence-corrected chi connectivity index (χ3v) is 7.73. The SMILES string of the molecule is CC(=O)N1CCCc2cc(S(=O)(=O)N[C@H]3CC[C@H]3NC3CCCC3)ccc21. The summed E-state index contributed by atoms with van der Waals surface area (Å²) in [5.74, 6) is -0.0000194. The monoisotopic (exact) mass is 391 g/mol. The molecule has 0 spiro atoms. The Balaban J connectivity index is 1.46. The Morgan fingerprint density at radius 3 is 2.48 bits per heavy atom. The fraction of sp³-hybridized carbons (Fsp3) is 0.650. The molecule has 2 N–H and O–H groups in total. The van der Waals surface area contributed by atoms with Crippen LogP contribution in [0.3, 0.4) is 0 Å². The zero-order valence-electron chi connectivity index (χ0n) is 15.9. The highest BCUT2D eigenvalue weighted by atomic mass is 32.2. The number of amides is 1. The quantitative estimate of drug-likeness (QED) is 0.807. The third kappa shape index (κ3) is 3.91. The topological polar surface area (TPSA) is 78.5 Å². The molecule has 1 aliphatic heterocycles. The predicted octanol–water partition coefficient (Wildman–Crippen LogP) is 2.33. The average Bonchev–Trinajstić information content (AvgIpc) is 3.16. The van der Waals surface area contributed by atoms with E-state index >= 15 is 0 Å². The van der Waals surface area contributed by atoms with E-state index in [4.69, 9.17) is 0 Å². The lowest BCUT2D eigenvalue weighted by molar-refractivity contribution is -0.116. The van der Waals surface area contributed by atoms with Crippen molar-refractivity contribution < 1.29 is 13.2 Å². The van der Waals surface area contributed by atoms with Crippen LogP contribution in [0.1, 0.15) is 57.4 Å². The highest BCUT2D eigenvalue weighted by Crippen LogP contribution is 2.31. The van der Waals surface area contributed by atoms with E-state index in [9.17, 15) is 13.2 Å². The van der Waals surface area contributed by atoms with Crippen LogP contribution in [0.25, 0.3) is 0 Å². The third-order valence-electron chi connectivity index (χ3n) is 6.25. The van der Waals surface area contributed by atoms with Crippen molar-refractivity contribution >= 4 is 21.6 Å². The molecule has 2 fully saturated rings. The molecule has 1 amide bonds. The van der Waals surface area contributed by atoms with Crippen molar-refractivity contribution in [1.82, 2.24) is 10.0 Å². The van der Waals surface area contributed by atoms with E-state index in [0.717, 1.165) is 36.9 Å². The van der Waals surface area contributed by atoms with E-state index in [1.807, 2.05) is 0 Å². The van der Waals surface area contributed by atoms with Crippen LogP contribution < -0.4 is 14.9 Å². The summed E-state index contributed by atoms with van der Waals surface area (Å²) in [5.41, 5.74) is 1.78. The van der Waals surface area contributed by atoms with Gasteiger partial charge in [0, 0.05) is 37.3 Å². The van der Waals surface area contributed by atoms with Crippen molar-refractivity contribution in [2.24, 2.45) is 0 Å². The Bertz CT molecular complexity index is 818. The number of rotatable bonds is 5. The molecule has 148 valence electrons. The van der Waals surface area contributed by atoms with E-state index < -0.39 is 10.0 Å². The van der Waals surface area contributed by atoms with Gasteiger partial charge in [0.25, 0.3) is 0 Å². The lowest BCUT2D eigenvalue weighted by Crippen LogP contribution is -2.58. The number of aryl methyl sites for hydroxylation is 1. The zero-order chi connectivity index (χ0) is 19.0. The minimum absolute atomic E-state index is 0.0000194. The van der Waals surface area contributed by atoms with Crippen molar-refractivity contribution in [3.8, 4) is 0 Å². The first-order valence-corrected chi connectivity index (χ1v) is 11.6. The van der Waals surface area contributed by atoms with Crippen molar-refractivity contribution in [3.63, 3.8) is 0 Å². The van der Waals surface area contributed by atoms with E-state index in [0.29, 0.717) is 17.5 Å². The van der Waals surface area contributed by atoms with Gasteiger partial charge in [-0.25, -0.2) is 13.1 Å². The number of carbonyl (C=O) groups excluding carboxylic acids is 1. The molecule has 0 radical (unpaired) electrons. The Morgan fingerprint density at radius 1 is 1.07 bits per heavy atom. The van der Waals surface area contributed by atoms with Gasteiger partial charge < -0.3 is 10.2 Å². The summed E-state index contributed by atoms with van der Waals surface area (Å²) < 4.78 is 28.7. The first-order chi connectivity index (χ1) is 12.9. The number of nitrogens with one attached hydrogen (secondary N) is 2. The van der Waals surface area contributed by atoms with Gasteiger partial charge in [-0.15, -0.1) is 0 Å². The maximum absolute atomic E-state index is 12.9. The van der Waals surface area contributed by atoms with Gasteiger partial charge in [-0.2, -0.15) is 0 Å². The normalized spacial score (nSPS) is 25.9. The molecule has 4 rings (SSSR count). The number of hydrogen-bond donors (Lipinski definition) is 2. The van der Waals surface area contributed by atoms with Crippen LogP contribution in [0, 0.1) is 0 Å². The maximum Gasteiger partial charge on any atom is 0.240 e. The molecule has 6 nitrogen and oxygen atoms in total.